The molecule has 0 aliphatic carbocycles. The summed E-state index contributed by atoms with van der Waals surface area (Å²) >= 11 is 0. The molecule has 142 valence electrons. The molecule has 8 nitrogen and oxygen atoms in total. The van der Waals surface area contributed by atoms with Crippen LogP contribution in [0.4, 0.5) is 11.4 Å². The van der Waals surface area contributed by atoms with Crippen LogP contribution in [-0.4, -0.2) is 20.8 Å². The van der Waals surface area contributed by atoms with Crippen molar-refractivity contribution in [3.05, 3.63) is 70.4 Å². The van der Waals surface area contributed by atoms with Crippen LogP contribution in [0.25, 0.3) is 11.4 Å². The lowest BCUT2D eigenvalue weighted by Crippen LogP contribution is -2.05. The van der Waals surface area contributed by atoms with Gasteiger partial charge in [0.2, 0.25) is 11.8 Å². The van der Waals surface area contributed by atoms with Gasteiger partial charge in [-0.05, 0) is 42.8 Å². The molecular weight excluding hydrogens is 360 g/mol. The van der Waals surface area contributed by atoms with Gasteiger partial charge in [0.25, 0.3) is 5.69 Å². The lowest BCUT2D eigenvalue weighted by molar-refractivity contribution is -0.384. The molecule has 3 rings (SSSR count). The number of amides is 1. The summed E-state index contributed by atoms with van der Waals surface area (Å²) in [6.45, 7) is 3.41. The summed E-state index contributed by atoms with van der Waals surface area (Å²) in [6.07, 6.45) is 0.681. The van der Waals surface area contributed by atoms with Gasteiger partial charge in [-0.25, -0.2) is 4.98 Å². The molecule has 1 amide bonds. The number of non-ortho nitro benzene ring substituents is 1. The van der Waals surface area contributed by atoms with E-state index in [0.29, 0.717) is 35.1 Å². The van der Waals surface area contributed by atoms with Gasteiger partial charge in [-0.15, -0.1) is 0 Å². The number of aromatic nitrogens is 2. The van der Waals surface area contributed by atoms with Crippen LogP contribution < -0.4 is 10.1 Å². The van der Waals surface area contributed by atoms with Gasteiger partial charge < -0.3 is 10.1 Å². The van der Waals surface area contributed by atoms with E-state index in [9.17, 15) is 14.9 Å². The maximum atomic E-state index is 11.1. The molecule has 0 spiro atoms. The van der Waals surface area contributed by atoms with Crippen LogP contribution in [0.3, 0.4) is 0 Å². The molecule has 0 saturated carbocycles. The van der Waals surface area contributed by atoms with Crippen molar-refractivity contribution in [3.63, 3.8) is 0 Å². The number of nitro benzene ring substituents is 1. The number of aryl methyl sites for hydroxylation is 1. The maximum Gasteiger partial charge on any atom is 0.269 e. The standard InChI is InChI=1S/C20H18N4O4/c1-3-15-12-19(28-18-10-6-16(7-11-18)21-13(2)25)23-20(22-15)14-4-8-17(9-5-14)24(26)27/h4-12H,3H2,1-2H3,(H,21,25). The highest BCUT2D eigenvalue weighted by Gasteiger charge is 2.11. The van der Waals surface area contributed by atoms with Crippen molar-refractivity contribution in [2.24, 2.45) is 0 Å². The zero-order valence-corrected chi connectivity index (χ0v) is 15.4. The minimum atomic E-state index is -0.452. The third-order valence-corrected chi connectivity index (χ3v) is 3.85. The van der Waals surface area contributed by atoms with E-state index in [2.05, 4.69) is 15.3 Å². The monoisotopic (exact) mass is 378 g/mol. The number of nitro groups is 1. The second-order valence-corrected chi connectivity index (χ2v) is 5.99. The molecule has 0 unspecified atom stereocenters. The summed E-state index contributed by atoms with van der Waals surface area (Å²) in [4.78, 5) is 30.4. The maximum absolute atomic E-state index is 11.1. The smallest absolute Gasteiger partial charge is 0.269 e. The molecule has 1 heterocycles. The van der Waals surface area contributed by atoms with Crippen molar-refractivity contribution in [2.75, 3.05) is 5.32 Å². The minimum absolute atomic E-state index is 0.00568. The van der Waals surface area contributed by atoms with Crippen molar-refractivity contribution in [2.45, 2.75) is 20.3 Å². The van der Waals surface area contributed by atoms with E-state index in [-0.39, 0.29) is 11.6 Å². The van der Waals surface area contributed by atoms with Crippen molar-refractivity contribution < 1.29 is 14.5 Å². The number of hydrogen-bond acceptors (Lipinski definition) is 6. The first kappa shape index (κ1) is 19.0. The van der Waals surface area contributed by atoms with Crippen LogP contribution in [-0.2, 0) is 11.2 Å². The molecule has 0 aliphatic rings. The van der Waals surface area contributed by atoms with Crippen LogP contribution in [0.5, 0.6) is 11.6 Å². The normalized spacial score (nSPS) is 10.4. The number of nitrogens with zero attached hydrogens (tertiary/aromatic N) is 3. The quantitative estimate of drug-likeness (QED) is 0.504. The van der Waals surface area contributed by atoms with Crippen LogP contribution >= 0.6 is 0 Å². The Hall–Kier alpha value is -3.81. The van der Waals surface area contributed by atoms with Gasteiger partial charge in [0.1, 0.15) is 5.75 Å². The summed E-state index contributed by atoms with van der Waals surface area (Å²) in [5.41, 5.74) is 2.12. The largest absolute Gasteiger partial charge is 0.439 e. The Balaban J connectivity index is 1.86. The van der Waals surface area contributed by atoms with E-state index in [0.717, 1.165) is 5.69 Å². The third kappa shape index (κ3) is 4.67. The molecule has 0 radical (unpaired) electrons. The molecule has 0 bridgehead atoms. The first-order valence-electron chi connectivity index (χ1n) is 8.63. The average Bonchev–Trinajstić information content (AvgIpc) is 2.69. The van der Waals surface area contributed by atoms with Gasteiger partial charge in [-0.1, -0.05) is 6.92 Å². The number of anilines is 1. The predicted octanol–water partition coefficient (Wildman–Crippen LogP) is 4.36. The Morgan fingerprint density at radius 2 is 1.79 bits per heavy atom. The van der Waals surface area contributed by atoms with Crippen LogP contribution in [0.2, 0.25) is 0 Å². The fraction of sp³-hybridized carbons (Fsp3) is 0.150. The number of benzene rings is 2. The fourth-order valence-electron chi connectivity index (χ4n) is 2.50. The van der Waals surface area contributed by atoms with Crippen LogP contribution in [0, 0.1) is 10.1 Å². The van der Waals surface area contributed by atoms with E-state index in [1.165, 1.54) is 19.1 Å². The van der Waals surface area contributed by atoms with E-state index >= 15 is 0 Å². The fourth-order valence-corrected chi connectivity index (χ4v) is 2.50. The van der Waals surface area contributed by atoms with Gasteiger partial charge in [-0.3, -0.25) is 14.9 Å². The lowest BCUT2D eigenvalue weighted by atomic mass is 10.2. The highest BCUT2D eigenvalue weighted by Crippen LogP contribution is 2.26. The molecule has 0 aliphatic heterocycles. The number of nitrogens with one attached hydrogen (secondary N) is 1. The lowest BCUT2D eigenvalue weighted by Gasteiger charge is -2.09. The molecule has 1 aromatic heterocycles. The molecule has 0 atom stereocenters. The Morgan fingerprint density at radius 1 is 1.11 bits per heavy atom. The average molecular weight is 378 g/mol. The molecule has 3 aromatic rings. The van der Waals surface area contributed by atoms with Gasteiger partial charge >= 0.3 is 0 Å². The molecule has 0 saturated heterocycles. The van der Waals surface area contributed by atoms with Gasteiger partial charge in [0.05, 0.1) is 4.92 Å². The zero-order chi connectivity index (χ0) is 20.1. The van der Waals surface area contributed by atoms with Crippen molar-refractivity contribution in [3.8, 4) is 23.0 Å². The molecular formula is C20H18N4O4. The number of ether oxygens (including phenoxy) is 1. The predicted molar refractivity (Wildman–Crippen MR) is 104 cm³/mol. The van der Waals surface area contributed by atoms with Crippen LogP contribution in [0.15, 0.2) is 54.6 Å². The highest BCUT2D eigenvalue weighted by molar-refractivity contribution is 5.88. The van der Waals surface area contributed by atoms with E-state index in [1.54, 1.807) is 42.5 Å². The third-order valence-electron chi connectivity index (χ3n) is 3.85. The summed E-state index contributed by atoms with van der Waals surface area (Å²) in [5, 5.41) is 13.5. The molecule has 1 N–H and O–H groups in total. The van der Waals surface area contributed by atoms with Gasteiger partial charge in [0, 0.05) is 42.1 Å². The SMILES string of the molecule is CCc1cc(Oc2ccc(NC(C)=O)cc2)nc(-c2ccc([N+](=O)[O-])cc2)n1. The number of carbonyl (C=O) groups excluding carboxylic acids is 1. The second-order valence-electron chi connectivity index (χ2n) is 5.99. The Labute approximate surface area is 161 Å². The molecule has 0 fully saturated rings. The first-order valence-corrected chi connectivity index (χ1v) is 8.63. The van der Waals surface area contributed by atoms with Crippen molar-refractivity contribution in [1.82, 2.24) is 9.97 Å². The van der Waals surface area contributed by atoms with E-state index < -0.39 is 4.92 Å². The summed E-state index contributed by atoms with van der Waals surface area (Å²) in [5.74, 6) is 1.21. The van der Waals surface area contributed by atoms with Crippen molar-refractivity contribution >= 4 is 17.3 Å². The Kier molecular flexibility index (Phi) is 5.59. The zero-order valence-electron chi connectivity index (χ0n) is 15.4. The topological polar surface area (TPSA) is 107 Å². The number of hydrogen-bond donors (Lipinski definition) is 1. The number of carbonyl (C=O) groups is 1. The summed E-state index contributed by atoms with van der Waals surface area (Å²) in [6, 6.07) is 14.7. The van der Waals surface area contributed by atoms with Gasteiger partial charge in [-0.2, -0.15) is 4.98 Å². The molecule has 2 aromatic carbocycles. The summed E-state index contributed by atoms with van der Waals surface area (Å²) in [7, 11) is 0. The minimum Gasteiger partial charge on any atom is -0.439 e. The first-order chi connectivity index (χ1) is 13.4. The summed E-state index contributed by atoms with van der Waals surface area (Å²) < 4.78 is 5.83. The second kappa shape index (κ2) is 8.26. The number of rotatable bonds is 6. The van der Waals surface area contributed by atoms with Crippen LogP contribution in [0.1, 0.15) is 19.5 Å². The highest BCUT2D eigenvalue weighted by atomic mass is 16.6. The van der Waals surface area contributed by atoms with Crippen molar-refractivity contribution in [1.29, 1.82) is 0 Å². The Morgan fingerprint density at radius 3 is 2.36 bits per heavy atom. The Bertz CT molecular complexity index is 1000. The van der Waals surface area contributed by atoms with E-state index in [4.69, 9.17) is 4.74 Å². The molecule has 28 heavy (non-hydrogen) atoms. The molecule has 8 heteroatoms. The van der Waals surface area contributed by atoms with Gasteiger partial charge in [0.15, 0.2) is 5.82 Å². The van der Waals surface area contributed by atoms with E-state index in [1.807, 2.05) is 6.92 Å².